The molecule has 1 N–H and O–H groups in total. The van der Waals surface area contributed by atoms with Crippen LogP contribution in [0.5, 0.6) is 5.06 Å². The second-order valence-electron chi connectivity index (χ2n) is 8.73. The van der Waals surface area contributed by atoms with Crippen LogP contribution in [0.4, 0.5) is 10.6 Å². The summed E-state index contributed by atoms with van der Waals surface area (Å²) in [5.74, 6) is 0.900. The maximum absolute atomic E-state index is 12.8. The molecule has 0 unspecified atom stereocenters. The summed E-state index contributed by atoms with van der Waals surface area (Å²) >= 11 is 1.43. The summed E-state index contributed by atoms with van der Waals surface area (Å²) in [6.07, 6.45) is 5.79. The molecule has 2 fully saturated rings. The highest BCUT2D eigenvalue weighted by Crippen LogP contribution is 2.33. The Morgan fingerprint density at radius 3 is 2.70 bits per heavy atom. The van der Waals surface area contributed by atoms with E-state index in [1.807, 2.05) is 28.5 Å². The molecule has 4 aromatic rings. The molecule has 1 amide bonds. The zero-order chi connectivity index (χ0) is 22.2. The number of rotatable bonds is 7. The van der Waals surface area contributed by atoms with Gasteiger partial charge in [0.05, 0.1) is 5.52 Å². The Kier molecular flexibility index (Phi) is 5.19. The van der Waals surface area contributed by atoms with Gasteiger partial charge in [-0.15, -0.1) is 11.3 Å². The van der Waals surface area contributed by atoms with E-state index in [1.165, 1.54) is 24.2 Å². The lowest BCUT2D eigenvalue weighted by Crippen LogP contribution is -2.34. The SMILES string of the molecule is O=C(Oc1cccs1)N(Cc1cccc(-c2ccc3ncnc(NC4CC4)c3c2)c1)C1CC1. The van der Waals surface area contributed by atoms with E-state index in [1.54, 1.807) is 6.33 Å². The van der Waals surface area contributed by atoms with Crippen molar-refractivity contribution in [3.05, 3.63) is 71.9 Å². The largest absolute Gasteiger partial charge is 0.416 e. The number of nitrogens with zero attached hydrogens (tertiary/aromatic N) is 3. The first kappa shape index (κ1) is 20.2. The van der Waals surface area contributed by atoms with E-state index >= 15 is 0 Å². The molecule has 6 rings (SSSR count). The maximum atomic E-state index is 12.8. The summed E-state index contributed by atoms with van der Waals surface area (Å²) in [7, 11) is 0. The normalized spacial score (nSPS) is 15.4. The molecular formula is C26H24N4O2S. The van der Waals surface area contributed by atoms with Gasteiger partial charge in [-0.3, -0.25) is 0 Å². The van der Waals surface area contributed by atoms with Crippen LogP contribution in [0.1, 0.15) is 31.2 Å². The zero-order valence-electron chi connectivity index (χ0n) is 18.1. The molecule has 2 saturated carbocycles. The van der Waals surface area contributed by atoms with Gasteiger partial charge in [0.15, 0.2) is 5.06 Å². The van der Waals surface area contributed by atoms with Crippen LogP contribution in [-0.4, -0.2) is 33.0 Å². The third-order valence-electron chi connectivity index (χ3n) is 6.07. The lowest BCUT2D eigenvalue weighted by Gasteiger charge is -2.21. The van der Waals surface area contributed by atoms with Crippen LogP contribution in [-0.2, 0) is 6.54 Å². The summed E-state index contributed by atoms with van der Waals surface area (Å²) < 4.78 is 5.59. The quantitative estimate of drug-likeness (QED) is 0.364. The first-order chi connectivity index (χ1) is 16.2. The number of carbonyl (C=O) groups is 1. The second-order valence-corrected chi connectivity index (χ2v) is 9.64. The summed E-state index contributed by atoms with van der Waals surface area (Å²) in [5.41, 5.74) is 4.24. The minimum absolute atomic E-state index is 0.259. The number of ether oxygens (including phenoxy) is 1. The van der Waals surface area contributed by atoms with Gasteiger partial charge in [-0.25, -0.2) is 14.8 Å². The lowest BCUT2D eigenvalue weighted by atomic mass is 10.0. The van der Waals surface area contributed by atoms with E-state index in [2.05, 4.69) is 51.7 Å². The van der Waals surface area contributed by atoms with Gasteiger partial charge in [0.25, 0.3) is 0 Å². The Morgan fingerprint density at radius 2 is 1.91 bits per heavy atom. The highest BCUT2D eigenvalue weighted by atomic mass is 32.1. The monoisotopic (exact) mass is 456 g/mol. The predicted molar refractivity (Wildman–Crippen MR) is 131 cm³/mol. The van der Waals surface area contributed by atoms with Crippen molar-refractivity contribution >= 4 is 34.2 Å². The Hall–Kier alpha value is -3.45. The fourth-order valence-corrected chi connectivity index (χ4v) is 4.58. The van der Waals surface area contributed by atoms with Gasteiger partial charge in [-0.2, -0.15) is 0 Å². The van der Waals surface area contributed by atoms with Crippen LogP contribution in [0.3, 0.4) is 0 Å². The van der Waals surface area contributed by atoms with E-state index < -0.39 is 0 Å². The van der Waals surface area contributed by atoms with Crippen LogP contribution < -0.4 is 10.1 Å². The van der Waals surface area contributed by atoms with Crippen molar-refractivity contribution in [1.82, 2.24) is 14.9 Å². The Bertz CT molecular complexity index is 1300. The van der Waals surface area contributed by atoms with E-state index in [0.717, 1.165) is 46.3 Å². The van der Waals surface area contributed by atoms with Crippen molar-refractivity contribution in [3.63, 3.8) is 0 Å². The van der Waals surface area contributed by atoms with Gasteiger partial charge in [0.2, 0.25) is 0 Å². The van der Waals surface area contributed by atoms with Crippen molar-refractivity contribution in [2.24, 2.45) is 0 Å². The molecule has 33 heavy (non-hydrogen) atoms. The number of hydrogen-bond acceptors (Lipinski definition) is 6. The molecule has 0 aliphatic heterocycles. The molecule has 2 aromatic carbocycles. The minimum atomic E-state index is -0.274. The number of fused-ring (bicyclic) bond motifs is 1. The molecular weight excluding hydrogens is 432 g/mol. The molecule has 0 atom stereocenters. The van der Waals surface area contributed by atoms with Crippen LogP contribution in [0.15, 0.2) is 66.3 Å². The van der Waals surface area contributed by atoms with Crippen molar-refractivity contribution in [2.45, 2.75) is 44.3 Å². The molecule has 0 spiro atoms. The van der Waals surface area contributed by atoms with Crippen LogP contribution in [0, 0.1) is 0 Å². The number of anilines is 1. The van der Waals surface area contributed by atoms with Crippen molar-refractivity contribution in [1.29, 1.82) is 0 Å². The third-order valence-corrected chi connectivity index (χ3v) is 6.82. The number of thiophene rings is 1. The third kappa shape index (κ3) is 4.54. The van der Waals surface area contributed by atoms with Gasteiger partial charge in [0, 0.05) is 24.0 Å². The number of nitrogens with one attached hydrogen (secondary N) is 1. The van der Waals surface area contributed by atoms with Crippen molar-refractivity contribution in [2.75, 3.05) is 5.32 Å². The second kappa shape index (κ2) is 8.48. The van der Waals surface area contributed by atoms with Crippen molar-refractivity contribution in [3.8, 4) is 16.2 Å². The first-order valence-electron chi connectivity index (χ1n) is 11.4. The number of carbonyl (C=O) groups excluding carboxylic acids is 1. The smallest absolute Gasteiger partial charge is 0.399 e. The summed E-state index contributed by atoms with van der Waals surface area (Å²) in [6.45, 7) is 0.536. The molecule has 2 aromatic heterocycles. The standard InChI is InChI=1S/C26H24N4O2S/c31-26(32-24-5-2-12-33-24)30(21-9-10-21)15-17-3-1-4-18(13-17)19-6-11-23-22(14-19)25(28-16-27-23)29-20-7-8-20/h1-6,11-14,16,20-21H,7-10,15H2,(H,27,28,29). The van der Waals surface area contributed by atoms with Crippen LogP contribution in [0.2, 0.25) is 0 Å². The zero-order valence-corrected chi connectivity index (χ0v) is 18.9. The predicted octanol–water partition coefficient (Wildman–Crippen LogP) is 6.10. The molecule has 2 heterocycles. The topological polar surface area (TPSA) is 67.3 Å². The molecule has 0 bridgehead atoms. The number of hydrogen-bond donors (Lipinski definition) is 1. The fourth-order valence-electron chi connectivity index (χ4n) is 4.01. The van der Waals surface area contributed by atoms with Gasteiger partial charge in [-0.05, 0) is 78.1 Å². The molecule has 2 aliphatic carbocycles. The Morgan fingerprint density at radius 1 is 1.03 bits per heavy atom. The highest BCUT2D eigenvalue weighted by molar-refractivity contribution is 7.11. The number of amides is 1. The fraction of sp³-hybridized carbons (Fsp3) is 0.269. The molecule has 166 valence electrons. The van der Waals surface area contributed by atoms with E-state index in [4.69, 9.17) is 4.74 Å². The van der Waals surface area contributed by atoms with E-state index in [-0.39, 0.29) is 12.1 Å². The minimum Gasteiger partial charge on any atom is -0.399 e. The Balaban J connectivity index is 1.26. The van der Waals surface area contributed by atoms with Crippen LogP contribution in [0.25, 0.3) is 22.0 Å². The average Bonchev–Trinajstić information content (AvgIpc) is 3.78. The van der Waals surface area contributed by atoms with E-state index in [9.17, 15) is 4.79 Å². The lowest BCUT2D eigenvalue weighted by molar-refractivity contribution is 0.147. The average molecular weight is 457 g/mol. The molecule has 2 aliphatic rings. The van der Waals surface area contributed by atoms with Gasteiger partial charge >= 0.3 is 6.09 Å². The summed E-state index contributed by atoms with van der Waals surface area (Å²) in [4.78, 5) is 23.6. The Labute approximate surface area is 196 Å². The molecule has 0 radical (unpaired) electrons. The molecule has 0 saturated heterocycles. The number of benzene rings is 2. The first-order valence-corrected chi connectivity index (χ1v) is 12.2. The maximum Gasteiger partial charge on any atom is 0.416 e. The van der Waals surface area contributed by atoms with Gasteiger partial charge in [-0.1, -0.05) is 24.3 Å². The van der Waals surface area contributed by atoms with Crippen molar-refractivity contribution < 1.29 is 9.53 Å². The summed E-state index contributed by atoms with van der Waals surface area (Å²) in [5, 5.41) is 7.09. The molecule has 6 nitrogen and oxygen atoms in total. The van der Waals surface area contributed by atoms with Gasteiger partial charge in [0.1, 0.15) is 12.1 Å². The van der Waals surface area contributed by atoms with Gasteiger partial charge < -0.3 is 15.0 Å². The van der Waals surface area contributed by atoms with Crippen LogP contribution >= 0.6 is 11.3 Å². The molecule has 7 heteroatoms. The summed E-state index contributed by atoms with van der Waals surface area (Å²) in [6, 6.07) is 19.2. The van der Waals surface area contributed by atoms with E-state index in [0.29, 0.717) is 17.6 Å². The number of aromatic nitrogens is 2. The highest BCUT2D eigenvalue weighted by Gasteiger charge is 2.34.